The quantitative estimate of drug-likeness (QED) is 0.725. The molecule has 3 unspecified atom stereocenters. The first-order chi connectivity index (χ1) is 14.0. The van der Waals surface area contributed by atoms with Gasteiger partial charge in [0.1, 0.15) is 0 Å². The molecular formula is C24H35ClN4. The molecule has 2 aliphatic heterocycles. The Morgan fingerprint density at radius 2 is 1.93 bits per heavy atom. The van der Waals surface area contributed by atoms with Crippen LogP contribution in [0.25, 0.3) is 0 Å². The number of rotatable bonds is 4. The molecule has 1 aromatic carbocycles. The Morgan fingerprint density at radius 1 is 1.14 bits per heavy atom. The number of piperidine rings is 1. The van der Waals surface area contributed by atoms with Gasteiger partial charge in [0, 0.05) is 67.3 Å². The molecule has 0 spiro atoms. The molecule has 0 amide bonds. The minimum absolute atomic E-state index is 0.335. The van der Waals surface area contributed by atoms with Crippen LogP contribution in [0.4, 0.5) is 5.69 Å². The van der Waals surface area contributed by atoms with E-state index in [1.165, 1.54) is 43.5 Å². The van der Waals surface area contributed by atoms with Gasteiger partial charge in [0.25, 0.3) is 0 Å². The Bertz CT molecular complexity index is 766. The molecule has 0 aromatic heterocycles. The number of allylic oxidation sites excluding steroid dienone is 4. The second kappa shape index (κ2) is 9.11. The van der Waals surface area contributed by atoms with Crippen LogP contribution in [0.15, 0.2) is 42.1 Å². The van der Waals surface area contributed by atoms with Crippen LogP contribution in [-0.2, 0) is 0 Å². The van der Waals surface area contributed by atoms with Crippen molar-refractivity contribution in [1.29, 1.82) is 0 Å². The summed E-state index contributed by atoms with van der Waals surface area (Å²) in [5, 5.41) is 0.712. The van der Waals surface area contributed by atoms with Gasteiger partial charge in [0.15, 0.2) is 0 Å². The van der Waals surface area contributed by atoms with Crippen molar-refractivity contribution in [3.05, 3.63) is 52.7 Å². The number of nitrogens with zero attached hydrogens (tertiary/aromatic N) is 3. The van der Waals surface area contributed by atoms with Crippen molar-refractivity contribution in [3.63, 3.8) is 0 Å². The average Bonchev–Trinajstić information content (AvgIpc) is 2.74. The number of hydrogen-bond donors (Lipinski definition) is 1. The normalized spacial score (nSPS) is 27.7. The molecule has 1 aliphatic carbocycles. The Kier molecular flexibility index (Phi) is 6.53. The summed E-state index contributed by atoms with van der Waals surface area (Å²) in [5.74, 6) is 0. The van der Waals surface area contributed by atoms with Gasteiger partial charge in [-0.05, 0) is 63.3 Å². The molecular weight excluding hydrogens is 380 g/mol. The monoisotopic (exact) mass is 414 g/mol. The van der Waals surface area contributed by atoms with Crippen molar-refractivity contribution in [3.8, 4) is 0 Å². The van der Waals surface area contributed by atoms with E-state index in [2.05, 4.69) is 52.8 Å². The fourth-order valence-corrected chi connectivity index (χ4v) is 5.53. The highest BCUT2D eigenvalue weighted by atomic mass is 35.5. The molecule has 0 saturated carbocycles. The lowest BCUT2D eigenvalue weighted by Gasteiger charge is -2.47. The number of hydrogen-bond acceptors (Lipinski definition) is 4. The zero-order valence-electron chi connectivity index (χ0n) is 17.9. The van der Waals surface area contributed by atoms with Gasteiger partial charge < -0.3 is 10.6 Å². The van der Waals surface area contributed by atoms with Gasteiger partial charge in [-0.25, -0.2) is 0 Å². The van der Waals surface area contributed by atoms with Crippen LogP contribution in [0.2, 0.25) is 5.02 Å². The summed E-state index contributed by atoms with van der Waals surface area (Å²) in [6.45, 7) is 10.4. The van der Waals surface area contributed by atoms with Crippen LogP contribution in [0, 0.1) is 0 Å². The maximum Gasteiger partial charge on any atom is 0.0426 e. The van der Waals surface area contributed by atoms with Gasteiger partial charge >= 0.3 is 0 Å². The topological polar surface area (TPSA) is 35.7 Å². The predicted molar refractivity (Wildman–Crippen MR) is 123 cm³/mol. The summed E-state index contributed by atoms with van der Waals surface area (Å²) in [4.78, 5) is 7.95. The van der Waals surface area contributed by atoms with Gasteiger partial charge in [-0.15, -0.1) is 0 Å². The Hall–Kier alpha value is -1.49. The third-order valence-corrected chi connectivity index (χ3v) is 7.36. The largest absolute Gasteiger partial charge is 0.398 e. The zero-order chi connectivity index (χ0) is 20.4. The van der Waals surface area contributed by atoms with Gasteiger partial charge in [0.05, 0.1) is 0 Å². The smallest absolute Gasteiger partial charge is 0.0426 e. The van der Waals surface area contributed by atoms with Crippen LogP contribution in [0.5, 0.6) is 0 Å². The first-order valence-electron chi connectivity index (χ1n) is 11.2. The lowest BCUT2D eigenvalue weighted by atomic mass is 9.94. The van der Waals surface area contributed by atoms with E-state index in [-0.39, 0.29) is 0 Å². The summed E-state index contributed by atoms with van der Waals surface area (Å²) in [6.07, 6.45) is 11.8. The van der Waals surface area contributed by atoms with Crippen LogP contribution in [0.1, 0.15) is 51.1 Å². The summed E-state index contributed by atoms with van der Waals surface area (Å²) in [5.41, 5.74) is 9.77. The van der Waals surface area contributed by atoms with E-state index in [0.717, 1.165) is 37.9 Å². The summed E-state index contributed by atoms with van der Waals surface area (Å²) in [7, 11) is 0. The highest BCUT2D eigenvalue weighted by Gasteiger charge is 2.32. The van der Waals surface area contributed by atoms with Crippen LogP contribution in [-0.4, -0.2) is 59.5 Å². The highest BCUT2D eigenvalue weighted by Crippen LogP contribution is 2.31. The molecule has 5 heteroatoms. The Labute approximate surface area is 181 Å². The van der Waals surface area contributed by atoms with Gasteiger partial charge in [-0.3, -0.25) is 9.80 Å². The van der Waals surface area contributed by atoms with Crippen LogP contribution < -0.4 is 5.73 Å². The highest BCUT2D eigenvalue weighted by molar-refractivity contribution is 6.30. The maximum absolute atomic E-state index is 6.23. The van der Waals surface area contributed by atoms with E-state index < -0.39 is 0 Å². The fourth-order valence-electron chi connectivity index (χ4n) is 5.35. The summed E-state index contributed by atoms with van der Waals surface area (Å²) < 4.78 is 0. The molecule has 4 nitrogen and oxygen atoms in total. The number of piperazine rings is 1. The lowest BCUT2D eigenvalue weighted by molar-refractivity contribution is 0.0368. The van der Waals surface area contributed by atoms with E-state index in [1.54, 1.807) is 0 Å². The Balaban J connectivity index is 1.31. The first-order valence-corrected chi connectivity index (χ1v) is 11.6. The van der Waals surface area contributed by atoms with E-state index >= 15 is 0 Å². The van der Waals surface area contributed by atoms with Gasteiger partial charge in [0.2, 0.25) is 0 Å². The molecule has 3 atom stereocenters. The Morgan fingerprint density at radius 3 is 2.59 bits per heavy atom. The number of anilines is 1. The SMILES string of the molecule is CC(c1ccc(Cl)cc1N)N1CCN(C2CCN(C3=CC=CCC3)C(C)C2)CC1. The van der Waals surface area contributed by atoms with Crippen molar-refractivity contribution >= 4 is 17.3 Å². The lowest BCUT2D eigenvalue weighted by Crippen LogP contribution is -2.55. The molecule has 158 valence electrons. The first kappa shape index (κ1) is 20.8. The van der Waals surface area contributed by atoms with Crippen LogP contribution in [0.3, 0.4) is 0 Å². The average molecular weight is 415 g/mol. The molecule has 1 aromatic rings. The standard InChI is InChI=1S/C24H35ClN4/c1-18-16-22(10-11-29(18)21-6-4-3-5-7-21)28-14-12-27(13-15-28)19(2)23-9-8-20(25)17-24(23)26/h3-4,6,8-9,17-19,22H,5,7,10-16,26H2,1-2H3. The van der Waals surface area contributed by atoms with Crippen molar-refractivity contribution < 1.29 is 0 Å². The predicted octanol–water partition coefficient (Wildman–Crippen LogP) is 4.69. The number of nitrogens with two attached hydrogens (primary N) is 1. The van der Waals surface area contributed by atoms with E-state index in [4.69, 9.17) is 17.3 Å². The van der Waals surface area contributed by atoms with Crippen molar-refractivity contribution in [2.24, 2.45) is 0 Å². The number of likely N-dealkylation sites (tertiary alicyclic amines) is 1. The zero-order valence-corrected chi connectivity index (χ0v) is 18.6. The van der Waals surface area contributed by atoms with Crippen molar-refractivity contribution in [2.45, 2.75) is 57.7 Å². The number of benzene rings is 1. The minimum atomic E-state index is 0.335. The molecule has 2 saturated heterocycles. The molecule has 29 heavy (non-hydrogen) atoms. The molecule has 2 fully saturated rings. The molecule has 0 radical (unpaired) electrons. The third-order valence-electron chi connectivity index (χ3n) is 7.12. The molecule has 4 rings (SSSR count). The third kappa shape index (κ3) is 4.65. The molecule has 2 heterocycles. The van der Waals surface area contributed by atoms with E-state index in [9.17, 15) is 0 Å². The van der Waals surface area contributed by atoms with Crippen molar-refractivity contribution in [2.75, 3.05) is 38.5 Å². The maximum atomic E-state index is 6.23. The van der Waals surface area contributed by atoms with E-state index in [0.29, 0.717) is 17.1 Å². The molecule has 0 bridgehead atoms. The minimum Gasteiger partial charge on any atom is -0.398 e. The van der Waals surface area contributed by atoms with Gasteiger partial charge in [-0.1, -0.05) is 29.8 Å². The second-order valence-corrected chi connectivity index (χ2v) is 9.30. The molecule has 2 N–H and O–H groups in total. The van der Waals surface area contributed by atoms with E-state index in [1.807, 2.05) is 12.1 Å². The second-order valence-electron chi connectivity index (χ2n) is 8.87. The number of halogens is 1. The summed E-state index contributed by atoms with van der Waals surface area (Å²) in [6, 6.07) is 7.60. The van der Waals surface area contributed by atoms with Crippen molar-refractivity contribution in [1.82, 2.24) is 14.7 Å². The van der Waals surface area contributed by atoms with Gasteiger partial charge in [-0.2, -0.15) is 0 Å². The van der Waals surface area contributed by atoms with Crippen LogP contribution >= 0.6 is 11.6 Å². The number of nitrogen functional groups attached to an aromatic ring is 1. The summed E-state index contributed by atoms with van der Waals surface area (Å²) >= 11 is 6.07. The fraction of sp³-hybridized carbons (Fsp3) is 0.583. The molecule has 3 aliphatic rings.